The Morgan fingerprint density at radius 1 is 1.14 bits per heavy atom. The van der Waals surface area contributed by atoms with E-state index in [1.165, 1.54) is 10.3 Å². The van der Waals surface area contributed by atoms with Crippen molar-refractivity contribution in [3.8, 4) is 0 Å². The van der Waals surface area contributed by atoms with E-state index < -0.39 is 19.0 Å². The number of likely N-dealkylation sites (N-methyl/N-ethyl adjacent to an activating group) is 1. The molecule has 9 nitrogen and oxygen atoms in total. The number of carbonyl (C=O) groups is 2. The highest BCUT2D eigenvalue weighted by Crippen LogP contribution is 2.25. The molecule has 4 rings (SSSR count). The second-order valence-electron chi connectivity index (χ2n) is 9.70. The molecule has 1 aromatic heterocycles. The molecule has 36 heavy (non-hydrogen) atoms. The highest BCUT2D eigenvalue weighted by atomic mass is 16.8. The van der Waals surface area contributed by atoms with Crippen LogP contribution in [0, 0.1) is 6.92 Å². The fourth-order valence-electron chi connectivity index (χ4n) is 4.62. The maximum Gasteiger partial charge on any atom is 0.511 e. The van der Waals surface area contributed by atoms with Crippen LogP contribution >= 0.6 is 0 Å². The lowest BCUT2D eigenvalue weighted by molar-refractivity contribution is -0.0383. The van der Waals surface area contributed by atoms with Gasteiger partial charge in [-0.1, -0.05) is 17.7 Å². The molecule has 194 valence electrons. The van der Waals surface area contributed by atoms with Crippen LogP contribution in [0.4, 0.5) is 9.59 Å². The van der Waals surface area contributed by atoms with Crippen molar-refractivity contribution in [2.24, 2.45) is 0 Å². The van der Waals surface area contributed by atoms with Gasteiger partial charge in [0.2, 0.25) is 6.79 Å². The molecule has 2 aliphatic heterocycles. The smallest absolute Gasteiger partial charge is 0.431 e. The second-order valence-corrected chi connectivity index (χ2v) is 9.70. The van der Waals surface area contributed by atoms with Crippen molar-refractivity contribution in [3.63, 3.8) is 0 Å². The summed E-state index contributed by atoms with van der Waals surface area (Å²) in [6.07, 6.45) is 9.66. The van der Waals surface area contributed by atoms with Crippen LogP contribution in [0.5, 0.6) is 0 Å². The van der Waals surface area contributed by atoms with Gasteiger partial charge in [0.25, 0.3) is 0 Å². The quantitative estimate of drug-likeness (QED) is 0.415. The predicted molar refractivity (Wildman–Crippen MR) is 137 cm³/mol. The zero-order valence-corrected chi connectivity index (χ0v) is 21.6. The van der Waals surface area contributed by atoms with Crippen LogP contribution in [-0.4, -0.2) is 85.2 Å². The predicted octanol–water partition coefficient (Wildman–Crippen LogP) is 4.30. The van der Waals surface area contributed by atoms with Crippen LogP contribution in [0.25, 0.3) is 10.9 Å². The number of aromatic nitrogens is 1. The summed E-state index contributed by atoms with van der Waals surface area (Å²) in [5.41, 5.74) is 4.22. The van der Waals surface area contributed by atoms with Crippen LogP contribution in [0.2, 0.25) is 0 Å². The molecule has 1 fully saturated rings. The molecule has 0 spiro atoms. The number of fused-ring (bicyclic) bond motifs is 1. The molecule has 9 heteroatoms. The second kappa shape index (κ2) is 11.5. The average molecular weight is 497 g/mol. The van der Waals surface area contributed by atoms with Gasteiger partial charge >= 0.3 is 12.2 Å². The summed E-state index contributed by atoms with van der Waals surface area (Å²) in [5.74, 6) is 0. The van der Waals surface area contributed by atoms with Gasteiger partial charge in [0, 0.05) is 69.4 Å². The Labute approximate surface area is 212 Å². The number of hydrogen-bond donors (Lipinski definition) is 0. The van der Waals surface area contributed by atoms with Gasteiger partial charge in [-0.15, -0.1) is 0 Å². The van der Waals surface area contributed by atoms with Gasteiger partial charge in [-0.3, -0.25) is 4.57 Å². The number of hydrogen-bond acceptors (Lipinski definition) is 8. The van der Waals surface area contributed by atoms with Crippen LogP contribution < -0.4 is 0 Å². The average Bonchev–Trinajstić information content (AvgIpc) is 3.21. The molecule has 0 saturated carbocycles. The van der Waals surface area contributed by atoms with Gasteiger partial charge in [-0.2, -0.15) is 0 Å². The summed E-state index contributed by atoms with van der Waals surface area (Å²) in [7, 11) is 6.05. The van der Waals surface area contributed by atoms with Gasteiger partial charge in [0.05, 0.1) is 5.52 Å². The molecular weight excluding hydrogens is 460 g/mol. The van der Waals surface area contributed by atoms with E-state index in [0.29, 0.717) is 0 Å². The molecule has 0 N–H and O–H groups in total. The van der Waals surface area contributed by atoms with Crippen molar-refractivity contribution in [3.05, 3.63) is 59.7 Å². The number of nitrogens with zero attached hydrogens (tertiary/aromatic N) is 4. The minimum atomic E-state index is -0.819. The number of ether oxygens (including phenoxy) is 3. The first-order valence-corrected chi connectivity index (χ1v) is 12.4. The highest BCUT2D eigenvalue weighted by molar-refractivity contribution is 5.92. The van der Waals surface area contributed by atoms with Crippen LogP contribution in [0.15, 0.2) is 48.6 Å². The molecule has 2 aliphatic rings. The first-order chi connectivity index (χ1) is 17.3. The lowest BCUT2D eigenvalue weighted by atomic mass is 10.1. The molecule has 0 aliphatic carbocycles. The summed E-state index contributed by atoms with van der Waals surface area (Å²) < 4.78 is 17.2. The van der Waals surface area contributed by atoms with Crippen LogP contribution in [-0.2, 0) is 20.6 Å². The number of rotatable bonds is 7. The van der Waals surface area contributed by atoms with Gasteiger partial charge in [0.1, 0.15) is 6.10 Å². The van der Waals surface area contributed by atoms with Crippen molar-refractivity contribution in [2.45, 2.75) is 38.7 Å². The minimum absolute atomic E-state index is 0.210. The maximum atomic E-state index is 12.8. The molecule has 0 unspecified atom stereocenters. The van der Waals surface area contributed by atoms with E-state index in [4.69, 9.17) is 14.2 Å². The van der Waals surface area contributed by atoms with Crippen molar-refractivity contribution in [2.75, 3.05) is 47.6 Å². The Morgan fingerprint density at radius 2 is 1.92 bits per heavy atom. The molecule has 1 aromatic carbocycles. The molecule has 1 saturated heterocycles. The zero-order chi connectivity index (χ0) is 25.7. The lowest BCUT2D eigenvalue weighted by Gasteiger charge is -2.35. The highest BCUT2D eigenvalue weighted by Gasteiger charge is 2.25. The number of carbonyl (C=O) groups excluding carboxylic acids is 2. The zero-order valence-electron chi connectivity index (χ0n) is 21.6. The summed E-state index contributed by atoms with van der Waals surface area (Å²) >= 11 is 0. The van der Waals surface area contributed by atoms with Gasteiger partial charge < -0.3 is 28.9 Å². The summed E-state index contributed by atoms with van der Waals surface area (Å²) in [6.45, 7) is 4.02. The minimum Gasteiger partial charge on any atom is -0.431 e. The van der Waals surface area contributed by atoms with E-state index in [0.717, 1.165) is 67.3 Å². The number of benzene rings is 1. The Morgan fingerprint density at radius 3 is 2.64 bits per heavy atom. The Bertz CT molecular complexity index is 1140. The third kappa shape index (κ3) is 6.40. The van der Waals surface area contributed by atoms with Crippen molar-refractivity contribution in [1.29, 1.82) is 0 Å². The SMILES string of the molecule is Cc1ccc2c(c1)c(CCN(C)C)cn2C(=O)OCOC(=O)OC1CCN(C2=CN(C)C=CC2)CC1. The van der Waals surface area contributed by atoms with Gasteiger partial charge in [-0.25, -0.2) is 9.59 Å². The fourth-order valence-corrected chi connectivity index (χ4v) is 4.62. The molecule has 0 radical (unpaired) electrons. The van der Waals surface area contributed by atoms with Crippen molar-refractivity contribution in [1.82, 2.24) is 19.3 Å². The van der Waals surface area contributed by atoms with Crippen LogP contribution in [0.3, 0.4) is 0 Å². The number of piperidine rings is 1. The number of aryl methyl sites for hydroxylation is 1. The first kappa shape index (κ1) is 25.6. The molecule has 0 atom stereocenters. The van der Waals surface area contributed by atoms with E-state index in [2.05, 4.69) is 28.1 Å². The Hall–Kier alpha value is -3.46. The molecule has 0 bridgehead atoms. The normalized spacial score (nSPS) is 16.4. The van der Waals surface area contributed by atoms with E-state index in [-0.39, 0.29) is 6.10 Å². The van der Waals surface area contributed by atoms with E-state index in [9.17, 15) is 9.59 Å². The molecule has 2 aromatic rings. The third-order valence-corrected chi connectivity index (χ3v) is 6.56. The number of likely N-dealkylation sites (tertiary alicyclic amines) is 1. The van der Waals surface area contributed by atoms with E-state index >= 15 is 0 Å². The fraction of sp³-hybridized carbons (Fsp3) is 0.481. The van der Waals surface area contributed by atoms with Gasteiger partial charge in [-0.05, 0) is 51.3 Å². The maximum absolute atomic E-state index is 12.8. The Balaban J connectivity index is 1.25. The molecular formula is C27H36N4O5. The molecule has 3 heterocycles. The van der Waals surface area contributed by atoms with Gasteiger partial charge in [0.15, 0.2) is 0 Å². The first-order valence-electron chi connectivity index (χ1n) is 12.4. The van der Waals surface area contributed by atoms with Crippen molar-refractivity contribution < 1.29 is 23.8 Å². The van der Waals surface area contributed by atoms with E-state index in [1.54, 1.807) is 6.20 Å². The Kier molecular flexibility index (Phi) is 8.20. The summed E-state index contributed by atoms with van der Waals surface area (Å²) in [5, 5.41) is 1.02. The number of allylic oxidation sites excluding steroid dienone is 1. The summed E-state index contributed by atoms with van der Waals surface area (Å²) in [4.78, 5) is 31.4. The third-order valence-electron chi connectivity index (χ3n) is 6.56. The van der Waals surface area contributed by atoms with Crippen LogP contribution in [0.1, 0.15) is 30.4 Å². The van der Waals surface area contributed by atoms with Crippen molar-refractivity contribution >= 4 is 23.2 Å². The topological polar surface area (TPSA) is 76.5 Å². The standard InChI is InChI=1S/C27H36N4O5/c1-20-7-8-25-24(16-20)21(9-13-28(2)3)17-31(25)26(32)34-19-35-27(33)36-23-10-14-30(15-11-23)22-6-5-12-29(4)18-22/h5,7-8,12,16-18,23H,6,9-11,13-15,19H2,1-4H3. The molecule has 0 amide bonds. The lowest BCUT2D eigenvalue weighted by Crippen LogP contribution is -2.38. The van der Waals surface area contributed by atoms with E-state index in [1.807, 2.05) is 51.3 Å². The largest absolute Gasteiger partial charge is 0.511 e. The summed E-state index contributed by atoms with van der Waals surface area (Å²) in [6, 6.07) is 5.94. The monoisotopic (exact) mass is 496 g/mol.